The fourth-order valence-electron chi connectivity index (χ4n) is 1.23. The summed E-state index contributed by atoms with van der Waals surface area (Å²) >= 11 is 0. The van der Waals surface area contributed by atoms with Crippen LogP contribution in [0.1, 0.15) is 22.8 Å². The lowest BCUT2D eigenvalue weighted by molar-refractivity contribution is 0.101. The van der Waals surface area contributed by atoms with E-state index in [2.05, 4.69) is 11.1 Å². The normalized spacial score (nSPS) is 10.9. The van der Waals surface area contributed by atoms with Gasteiger partial charge in [-0.2, -0.15) is 0 Å². The quantitative estimate of drug-likeness (QED) is 0.479. The van der Waals surface area contributed by atoms with Gasteiger partial charge in [-0.05, 0) is 6.92 Å². The summed E-state index contributed by atoms with van der Waals surface area (Å²) in [4.78, 5) is 28.5. The number of phosphoric ester groups is 1. The van der Waals surface area contributed by atoms with Crippen molar-refractivity contribution in [2.45, 2.75) is 6.92 Å². The summed E-state index contributed by atoms with van der Waals surface area (Å²) in [5.41, 5.74) is 0.583. The smallest absolute Gasteiger partial charge is 0.404 e. The van der Waals surface area contributed by atoms with E-state index in [0.717, 1.165) is 0 Å². The molecule has 5 nitrogen and oxygen atoms in total. The lowest BCUT2D eigenvalue weighted by Gasteiger charge is -2.11. The van der Waals surface area contributed by atoms with E-state index in [1.807, 2.05) is 0 Å². The maximum absolute atomic E-state index is 11.2. The highest BCUT2D eigenvalue weighted by Gasteiger charge is 2.19. The minimum absolute atomic E-state index is 0.223. The highest BCUT2D eigenvalue weighted by molar-refractivity contribution is 7.46. The fourth-order valence-corrected chi connectivity index (χ4v) is 1.61. The fraction of sp³-hybridized carbons (Fsp3) is 0.100. The van der Waals surface area contributed by atoms with Crippen LogP contribution in [0.4, 0.5) is 0 Å². The summed E-state index contributed by atoms with van der Waals surface area (Å²) in [6.45, 7) is 4.74. The molecule has 6 heteroatoms. The molecular formula is C10H11O5P. The first kappa shape index (κ1) is 12.6. The molecule has 0 radical (unpaired) electrons. The minimum Gasteiger partial charge on any atom is -0.404 e. The maximum atomic E-state index is 11.2. The molecule has 0 aromatic heterocycles. The Kier molecular flexibility index (Phi) is 3.65. The Morgan fingerprint density at radius 3 is 2.25 bits per heavy atom. The van der Waals surface area contributed by atoms with E-state index in [9.17, 15) is 9.36 Å². The molecular weight excluding hydrogens is 231 g/mol. The predicted molar refractivity (Wildman–Crippen MR) is 58.6 cm³/mol. The molecule has 0 unspecified atom stereocenters. The van der Waals surface area contributed by atoms with Gasteiger partial charge in [-0.1, -0.05) is 30.8 Å². The van der Waals surface area contributed by atoms with Crippen LogP contribution in [0.5, 0.6) is 0 Å². The van der Waals surface area contributed by atoms with Gasteiger partial charge in [-0.3, -0.25) is 14.6 Å². The molecule has 0 atom stereocenters. The maximum Gasteiger partial charge on any atom is 0.524 e. The largest absolute Gasteiger partial charge is 0.524 e. The zero-order valence-electron chi connectivity index (χ0n) is 8.58. The van der Waals surface area contributed by atoms with Gasteiger partial charge in [0.25, 0.3) is 0 Å². The molecule has 0 aliphatic carbocycles. The summed E-state index contributed by atoms with van der Waals surface area (Å²) in [6, 6.07) is 6.31. The van der Waals surface area contributed by atoms with Crippen LogP contribution in [0.15, 0.2) is 30.8 Å². The van der Waals surface area contributed by atoms with Gasteiger partial charge in [0.05, 0.1) is 0 Å². The first-order valence-corrected chi connectivity index (χ1v) is 5.88. The Labute approximate surface area is 92.6 Å². The van der Waals surface area contributed by atoms with Crippen LogP contribution in [-0.2, 0) is 9.09 Å². The van der Waals surface area contributed by atoms with Gasteiger partial charge in [0.15, 0.2) is 5.78 Å². The molecule has 86 valence electrons. The van der Waals surface area contributed by atoms with Crippen LogP contribution < -0.4 is 0 Å². The third-order valence-electron chi connectivity index (χ3n) is 1.84. The molecule has 0 bridgehead atoms. The average Bonchev–Trinajstić information content (AvgIpc) is 2.15. The number of rotatable bonds is 4. The molecule has 0 aliphatic rings. The van der Waals surface area contributed by atoms with Gasteiger partial charge in [-0.15, -0.1) is 0 Å². The van der Waals surface area contributed by atoms with E-state index < -0.39 is 7.82 Å². The lowest BCUT2D eigenvalue weighted by Crippen LogP contribution is -1.99. The van der Waals surface area contributed by atoms with Gasteiger partial charge >= 0.3 is 7.82 Å². The Bertz CT molecular complexity index is 474. The number of carbonyl (C=O) groups is 1. The summed E-state index contributed by atoms with van der Waals surface area (Å²) in [6.07, 6.45) is 0. The van der Waals surface area contributed by atoms with Crippen molar-refractivity contribution in [2.24, 2.45) is 0 Å². The van der Waals surface area contributed by atoms with Gasteiger partial charge in [0.1, 0.15) is 5.76 Å². The van der Waals surface area contributed by atoms with E-state index in [1.54, 1.807) is 12.1 Å². The second-order valence-electron chi connectivity index (χ2n) is 3.11. The Balaban J connectivity index is 3.09. The molecule has 0 fully saturated rings. The van der Waals surface area contributed by atoms with Gasteiger partial charge in [-0.25, -0.2) is 4.57 Å². The molecule has 1 aromatic rings. The third kappa shape index (κ3) is 3.31. The molecule has 0 amide bonds. The van der Waals surface area contributed by atoms with Crippen LogP contribution in [-0.4, -0.2) is 15.6 Å². The summed E-state index contributed by atoms with van der Waals surface area (Å²) in [7, 11) is -4.65. The van der Waals surface area contributed by atoms with Crippen LogP contribution in [0.25, 0.3) is 5.76 Å². The second-order valence-corrected chi connectivity index (χ2v) is 4.27. The van der Waals surface area contributed by atoms with E-state index in [1.165, 1.54) is 19.1 Å². The first-order chi connectivity index (χ1) is 7.31. The molecule has 0 saturated heterocycles. The van der Waals surface area contributed by atoms with Gasteiger partial charge < -0.3 is 4.52 Å². The number of carbonyl (C=O) groups excluding carboxylic acids is 1. The summed E-state index contributed by atoms with van der Waals surface area (Å²) < 4.78 is 15.0. The Hall–Kier alpha value is -1.42. The SMILES string of the molecule is C=C(OP(=O)(O)O)c1ccccc1C(C)=O. The van der Waals surface area contributed by atoms with Crippen molar-refractivity contribution in [3.63, 3.8) is 0 Å². The van der Waals surface area contributed by atoms with Gasteiger partial charge in [0, 0.05) is 11.1 Å². The third-order valence-corrected chi connectivity index (χ3v) is 2.29. The number of phosphoric acid groups is 1. The average molecular weight is 242 g/mol. The molecule has 0 aliphatic heterocycles. The Morgan fingerprint density at radius 2 is 1.81 bits per heavy atom. The molecule has 2 N–H and O–H groups in total. The molecule has 16 heavy (non-hydrogen) atoms. The second kappa shape index (κ2) is 4.61. The predicted octanol–water partition coefficient (Wildman–Crippen LogP) is 1.97. The van der Waals surface area contributed by atoms with E-state index in [0.29, 0.717) is 5.56 Å². The highest BCUT2D eigenvalue weighted by Crippen LogP contribution is 2.41. The molecule has 0 spiro atoms. The number of hydrogen-bond donors (Lipinski definition) is 2. The summed E-state index contributed by atoms with van der Waals surface area (Å²) in [5, 5.41) is 0. The first-order valence-electron chi connectivity index (χ1n) is 4.35. The zero-order chi connectivity index (χ0) is 12.3. The highest BCUT2D eigenvalue weighted by atomic mass is 31.2. The number of ketones is 1. The number of Topliss-reactive ketones (excluding diaryl/α,β-unsaturated/α-hetero) is 1. The Morgan fingerprint density at radius 1 is 1.31 bits per heavy atom. The summed E-state index contributed by atoms with van der Waals surface area (Å²) in [5.74, 6) is -0.454. The molecule has 0 saturated carbocycles. The van der Waals surface area contributed by atoms with Crippen molar-refractivity contribution in [3.05, 3.63) is 42.0 Å². The molecule has 1 rings (SSSR count). The number of hydrogen-bond acceptors (Lipinski definition) is 3. The van der Waals surface area contributed by atoms with Crippen molar-refractivity contribution in [1.29, 1.82) is 0 Å². The molecule has 0 heterocycles. The lowest BCUT2D eigenvalue weighted by atomic mass is 10.0. The topological polar surface area (TPSA) is 83.8 Å². The molecule has 1 aromatic carbocycles. The monoisotopic (exact) mass is 242 g/mol. The standard InChI is InChI=1S/C10H11O5P/c1-7(11)9-5-3-4-6-10(9)8(2)15-16(12,13)14/h3-6H,2H2,1H3,(H2,12,13,14). The zero-order valence-corrected chi connectivity index (χ0v) is 9.48. The van der Waals surface area contributed by atoms with Crippen LogP contribution in [0, 0.1) is 0 Å². The van der Waals surface area contributed by atoms with E-state index >= 15 is 0 Å². The van der Waals surface area contributed by atoms with Crippen molar-refractivity contribution in [2.75, 3.05) is 0 Å². The van der Waals surface area contributed by atoms with E-state index in [4.69, 9.17) is 9.79 Å². The van der Waals surface area contributed by atoms with Crippen LogP contribution >= 0.6 is 7.82 Å². The van der Waals surface area contributed by atoms with Crippen molar-refractivity contribution in [3.8, 4) is 0 Å². The van der Waals surface area contributed by atoms with Gasteiger partial charge in [0.2, 0.25) is 0 Å². The van der Waals surface area contributed by atoms with Crippen molar-refractivity contribution >= 4 is 19.4 Å². The van der Waals surface area contributed by atoms with Crippen molar-refractivity contribution < 1.29 is 23.7 Å². The van der Waals surface area contributed by atoms with Crippen molar-refractivity contribution in [1.82, 2.24) is 0 Å². The van der Waals surface area contributed by atoms with Crippen LogP contribution in [0.2, 0.25) is 0 Å². The van der Waals surface area contributed by atoms with E-state index in [-0.39, 0.29) is 17.1 Å². The minimum atomic E-state index is -4.65. The van der Waals surface area contributed by atoms with Crippen LogP contribution in [0.3, 0.4) is 0 Å². The number of benzene rings is 1.